The number of aromatic nitrogens is 4. The van der Waals surface area contributed by atoms with Crippen molar-refractivity contribution in [2.45, 2.75) is 69.7 Å². The van der Waals surface area contributed by atoms with Crippen LogP contribution in [0, 0.1) is 29.0 Å². The largest absolute Gasteiger partial charge is 0.493 e. The van der Waals surface area contributed by atoms with Crippen LogP contribution in [0.1, 0.15) is 91.5 Å². The Bertz CT molecular complexity index is 1070. The standard InChI is InChI=1S/C25H30FN5O2/c26-20-10-22(33-13-25-11-14-6-15(12-25)8-17(25)7-14)18(16-3-4-16)9-19(20)24(32)31-5-1-2-21(31)23-27-29-30-28-23/h9-10,14-17,21H,1-8,11-13H2,(H,27,28,29,30)/t14?,15?,17?,21-,25?/m0/s1. The molecule has 174 valence electrons. The molecule has 1 N–H and O–H groups in total. The molecule has 7 nitrogen and oxygen atoms in total. The van der Waals surface area contributed by atoms with E-state index in [9.17, 15) is 4.79 Å². The van der Waals surface area contributed by atoms with E-state index in [1.165, 1.54) is 38.2 Å². The molecule has 1 amide bonds. The Morgan fingerprint density at radius 2 is 2.00 bits per heavy atom. The first-order valence-corrected chi connectivity index (χ1v) is 12.6. The van der Waals surface area contributed by atoms with E-state index in [1.54, 1.807) is 11.0 Å². The zero-order chi connectivity index (χ0) is 22.2. The van der Waals surface area contributed by atoms with Crippen LogP contribution in [0.2, 0.25) is 0 Å². The molecule has 1 aromatic carbocycles. The van der Waals surface area contributed by atoms with E-state index >= 15 is 4.39 Å². The number of rotatable bonds is 6. The first-order chi connectivity index (χ1) is 16.1. The Kier molecular flexibility index (Phi) is 4.37. The smallest absolute Gasteiger partial charge is 0.257 e. The van der Waals surface area contributed by atoms with E-state index in [1.807, 2.05) is 0 Å². The van der Waals surface area contributed by atoms with E-state index in [2.05, 4.69) is 20.6 Å². The van der Waals surface area contributed by atoms with Gasteiger partial charge in [0.15, 0.2) is 5.82 Å². The Hall–Kier alpha value is -2.51. The van der Waals surface area contributed by atoms with E-state index in [0.29, 0.717) is 36.1 Å². The van der Waals surface area contributed by atoms with Crippen molar-refractivity contribution >= 4 is 5.91 Å². The summed E-state index contributed by atoms with van der Waals surface area (Å²) in [6.45, 7) is 1.27. The predicted molar refractivity (Wildman–Crippen MR) is 117 cm³/mol. The highest BCUT2D eigenvalue weighted by molar-refractivity contribution is 5.95. The molecule has 2 heterocycles. The van der Waals surface area contributed by atoms with Crippen molar-refractivity contribution in [2.75, 3.05) is 13.2 Å². The number of nitrogens with one attached hydrogen (secondary N) is 1. The number of tetrazole rings is 1. The van der Waals surface area contributed by atoms with Gasteiger partial charge in [-0.3, -0.25) is 4.79 Å². The second-order valence-corrected chi connectivity index (χ2v) is 11.3. The van der Waals surface area contributed by atoms with Crippen molar-refractivity contribution in [2.24, 2.45) is 23.2 Å². The number of hydrogen-bond donors (Lipinski definition) is 1. The second kappa shape index (κ2) is 7.24. The van der Waals surface area contributed by atoms with Gasteiger partial charge in [-0.1, -0.05) is 5.21 Å². The van der Waals surface area contributed by atoms with Crippen LogP contribution in [0.4, 0.5) is 4.39 Å². The molecular formula is C25H30FN5O2. The van der Waals surface area contributed by atoms with Gasteiger partial charge < -0.3 is 9.64 Å². The van der Waals surface area contributed by atoms with E-state index in [0.717, 1.165) is 49.0 Å². The van der Waals surface area contributed by atoms with Crippen LogP contribution in [-0.4, -0.2) is 44.6 Å². The molecule has 5 saturated carbocycles. The van der Waals surface area contributed by atoms with Gasteiger partial charge in [0.05, 0.1) is 18.2 Å². The number of halogens is 1. The molecule has 0 spiro atoms. The number of ether oxygens (including phenoxy) is 1. The first-order valence-electron chi connectivity index (χ1n) is 12.6. The van der Waals surface area contributed by atoms with Gasteiger partial charge >= 0.3 is 0 Å². The summed E-state index contributed by atoms with van der Waals surface area (Å²) in [6.07, 6.45) is 10.4. The number of H-pyrrole nitrogens is 1. The van der Waals surface area contributed by atoms with Gasteiger partial charge in [-0.2, -0.15) is 5.21 Å². The number of carbonyl (C=O) groups excluding carboxylic acids is 1. The fraction of sp³-hybridized carbons (Fsp3) is 0.680. The lowest BCUT2D eigenvalue weighted by Crippen LogP contribution is -2.32. The molecule has 33 heavy (non-hydrogen) atoms. The van der Waals surface area contributed by atoms with Gasteiger partial charge in [-0.05, 0) is 93.1 Å². The fourth-order valence-electron chi connectivity index (χ4n) is 7.74. The van der Waals surface area contributed by atoms with Crippen molar-refractivity contribution in [1.29, 1.82) is 0 Å². The van der Waals surface area contributed by atoms with E-state index in [-0.39, 0.29) is 17.5 Å². The number of benzene rings is 1. The predicted octanol–water partition coefficient (Wildman–Crippen LogP) is 4.40. The van der Waals surface area contributed by atoms with Gasteiger partial charge in [0, 0.05) is 18.0 Å². The van der Waals surface area contributed by atoms with Crippen LogP contribution < -0.4 is 4.74 Å². The number of amides is 1. The number of nitrogens with zero attached hydrogens (tertiary/aromatic N) is 4. The highest BCUT2D eigenvalue weighted by Gasteiger charge is 2.58. The molecule has 1 aliphatic heterocycles. The lowest BCUT2D eigenvalue weighted by Gasteiger charge is -2.33. The molecule has 2 aromatic rings. The SMILES string of the molecule is O=C(c1cc(C2CC2)c(OCC23CC4CC(CC2C4)C3)cc1F)N1CCC[C@H]1c1nn[nH]n1. The number of hydrogen-bond acceptors (Lipinski definition) is 5. The van der Waals surface area contributed by atoms with Gasteiger partial charge in [0.1, 0.15) is 11.6 Å². The summed E-state index contributed by atoms with van der Waals surface area (Å²) in [5.41, 5.74) is 1.44. The Morgan fingerprint density at radius 3 is 2.73 bits per heavy atom. The molecule has 1 aromatic heterocycles. The molecule has 8 rings (SSSR count). The molecule has 3 atom stereocenters. The normalized spacial score (nSPS) is 34.4. The minimum Gasteiger partial charge on any atom is -0.493 e. The molecule has 4 bridgehead atoms. The van der Waals surface area contributed by atoms with Crippen LogP contribution in [0.25, 0.3) is 0 Å². The minimum atomic E-state index is -0.493. The maximum Gasteiger partial charge on any atom is 0.257 e. The summed E-state index contributed by atoms with van der Waals surface area (Å²) in [7, 11) is 0. The molecule has 6 fully saturated rings. The molecule has 8 heteroatoms. The van der Waals surface area contributed by atoms with Crippen LogP contribution in [-0.2, 0) is 0 Å². The summed E-state index contributed by atoms with van der Waals surface area (Å²) in [6, 6.07) is 2.99. The third kappa shape index (κ3) is 3.20. The Labute approximate surface area is 192 Å². The molecule has 6 aliphatic rings. The van der Waals surface area contributed by atoms with E-state index in [4.69, 9.17) is 4.74 Å². The van der Waals surface area contributed by atoms with Gasteiger partial charge in [-0.15, -0.1) is 10.2 Å². The summed E-state index contributed by atoms with van der Waals surface area (Å²) in [4.78, 5) is 15.1. The number of aromatic amines is 1. The zero-order valence-corrected chi connectivity index (χ0v) is 18.8. The van der Waals surface area contributed by atoms with Crippen molar-refractivity contribution < 1.29 is 13.9 Å². The van der Waals surface area contributed by atoms with Gasteiger partial charge in [0.25, 0.3) is 5.91 Å². The monoisotopic (exact) mass is 451 g/mol. The zero-order valence-electron chi connectivity index (χ0n) is 18.8. The lowest BCUT2D eigenvalue weighted by atomic mass is 9.76. The lowest BCUT2D eigenvalue weighted by molar-refractivity contribution is 0.0724. The molecule has 0 radical (unpaired) electrons. The molecule has 5 aliphatic carbocycles. The van der Waals surface area contributed by atoms with Crippen LogP contribution >= 0.6 is 0 Å². The summed E-state index contributed by atoms with van der Waals surface area (Å²) in [5, 5.41) is 14.2. The fourth-order valence-corrected chi connectivity index (χ4v) is 7.74. The first kappa shape index (κ1) is 19.9. The number of carbonyl (C=O) groups is 1. The average molecular weight is 452 g/mol. The summed E-state index contributed by atoms with van der Waals surface area (Å²) in [5.74, 6) is 3.26. The second-order valence-electron chi connectivity index (χ2n) is 11.3. The van der Waals surface area contributed by atoms with Gasteiger partial charge in [-0.25, -0.2) is 4.39 Å². The maximum absolute atomic E-state index is 15.3. The van der Waals surface area contributed by atoms with Crippen molar-refractivity contribution in [3.8, 4) is 5.75 Å². The quantitative estimate of drug-likeness (QED) is 0.704. The highest BCUT2D eigenvalue weighted by Crippen LogP contribution is 2.65. The Morgan fingerprint density at radius 1 is 1.18 bits per heavy atom. The average Bonchev–Trinajstić information content (AvgIpc) is 3.13. The molecular weight excluding hydrogens is 421 g/mol. The molecule has 1 saturated heterocycles. The van der Waals surface area contributed by atoms with Crippen molar-refractivity contribution in [3.63, 3.8) is 0 Å². The highest BCUT2D eigenvalue weighted by atomic mass is 19.1. The topological polar surface area (TPSA) is 84.0 Å². The third-order valence-corrected chi connectivity index (χ3v) is 9.19. The number of likely N-dealkylation sites (tertiary alicyclic amines) is 1. The van der Waals surface area contributed by atoms with Crippen molar-refractivity contribution in [3.05, 3.63) is 34.9 Å². The van der Waals surface area contributed by atoms with Crippen LogP contribution in [0.3, 0.4) is 0 Å². The minimum absolute atomic E-state index is 0.138. The molecule has 2 unspecified atom stereocenters. The summed E-state index contributed by atoms with van der Waals surface area (Å²) >= 11 is 0. The van der Waals surface area contributed by atoms with Crippen molar-refractivity contribution in [1.82, 2.24) is 25.5 Å². The third-order valence-electron chi connectivity index (χ3n) is 9.19. The van der Waals surface area contributed by atoms with Crippen LogP contribution in [0.15, 0.2) is 12.1 Å². The van der Waals surface area contributed by atoms with Gasteiger partial charge in [0.2, 0.25) is 0 Å². The summed E-state index contributed by atoms with van der Waals surface area (Å²) < 4.78 is 21.8. The van der Waals surface area contributed by atoms with Crippen LogP contribution in [0.5, 0.6) is 5.75 Å². The van der Waals surface area contributed by atoms with E-state index < -0.39 is 5.82 Å². The maximum atomic E-state index is 15.3. The Balaban J connectivity index is 1.15.